The van der Waals surface area contributed by atoms with E-state index in [9.17, 15) is 8.96 Å². The standard InChI is InChI=1S/C45H29FN3OP/c46-37-26-22-36(23-27-37)45-48-43(34-8-2-1-3-9-34)47-44(49-45)35-20-18-32(19-21-35)30-14-16-31(17-15-30)33-24-28-38(29-25-33)51(50)41-12-6-4-10-39(41)40-11-5-7-13-42(40)51/h1-29H. The summed E-state index contributed by atoms with van der Waals surface area (Å²) in [6.45, 7) is 0. The van der Waals surface area contributed by atoms with Crippen molar-refractivity contribution in [2.24, 2.45) is 0 Å². The van der Waals surface area contributed by atoms with Crippen molar-refractivity contribution in [3.05, 3.63) is 182 Å². The molecule has 242 valence electrons. The topological polar surface area (TPSA) is 55.7 Å². The van der Waals surface area contributed by atoms with Crippen LogP contribution in [0.2, 0.25) is 0 Å². The Hall–Kier alpha value is -6.29. The number of benzene rings is 7. The Balaban J connectivity index is 0.985. The van der Waals surface area contributed by atoms with Gasteiger partial charge in [-0.15, -0.1) is 0 Å². The van der Waals surface area contributed by atoms with Crippen LogP contribution in [0, 0.1) is 5.82 Å². The molecule has 0 fully saturated rings. The molecule has 0 bridgehead atoms. The van der Waals surface area contributed by atoms with Crippen molar-refractivity contribution in [2.75, 3.05) is 0 Å². The van der Waals surface area contributed by atoms with E-state index in [1.54, 1.807) is 12.1 Å². The lowest BCUT2D eigenvalue weighted by Crippen LogP contribution is -2.20. The highest BCUT2D eigenvalue weighted by Gasteiger charge is 2.39. The number of aromatic nitrogens is 3. The third-order valence-corrected chi connectivity index (χ3v) is 12.6. The summed E-state index contributed by atoms with van der Waals surface area (Å²) >= 11 is 0. The van der Waals surface area contributed by atoms with Crippen LogP contribution in [-0.4, -0.2) is 15.0 Å². The average molecular weight is 678 g/mol. The van der Waals surface area contributed by atoms with Crippen LogP contribution in [0.1, 0.15) is 0 Å². The Morgan fingerprint density at radius 2 is 0.686 bits per heavy atom. The lowest BCUT2D eigenvalue weighted by atomic mass is 9.99. The summed E-state index contributed by atoms with van der Waals surface area (Å²) in [6, 6.07) is 56.9. The molecule has 2 heterocycles. The van der Waals surface area contributed by atoms with E-state index < -0.39 is 7.14 Å². The minimum Gasteiger partial charge on any atom is -0.309 e. The molecule has 1 aliphatic heterocycles. The van der Waals surface area contributed by atoms with E-state index >= 15 is 0 Å². The summed E-state index contributed by atoms with van der Waals surface area (Å²) < 4.78 is 28.5. The number of hydrogen-bond donors (Lipinski definition) is 0. The molecule has 0 amide bonds. The van der Waals surface area contributed by atoms with Crippen LogP contribution in [-0.2, 0) is 4.57 Å². The second-order valence-corrected chi connectivity index (χ2v) is 15.2. The van der Waals surface area contributed by atoms with Crippen LogP contribution < -0.4 is 15.9 Å². The fourth-order valence-corrected chi connectivity index (χ4v) is 9.89. The van der Waals surface area contributed by atoms with E-state index in [1.165, 1.54) is 12.1 Å². The summed E-state index contributed by atoms with van der Waals surface area (Å²) in [7, 11) is -2.95. The van der Waals surface area contributed by atoms with Gasteiger partial charge in [-0.25, -0.2) is 19.3 Å². The van der Waals surface area contributed by atoms with Crippen LogP contribution >= 0.6 is 7.14 Å². The molecule has 0 spiro atoms. The smallest absolute Gasteiger partial charge is 0.172 e. The van der Waals surface area contributed by atoms with E-state index in [2.05, 4.69) is 60.7 Å². The molecule has 51 heavy (non-hydrogen) atoms. The Morgan fingerprint density at radius 3 is 1.14 bits per heavy atom. The highest BCUT2D eigenvalue weighted by Crippen LogP contribution is 2.52. The normalized spacial score (nSPS) is 12.6. The van der Waals surface area contributed by atoms with Gasteiger partial charge in [0, 0.05) is 32.6 Å². The highest BCUT2D eigenvalue weighted by molar-refractivity contribution is 7.86. The van der Waals surface area contributed by atoms with Gasteiger partial charge in [-0.2, -0.15) is 0 Å². The van der Waals surface area contributed by atoms with Gasteiger partial charge in [-0.1, -0.05) is 152 Å². The van der Waals surface area contributed by atoms with E-state index in [-0.39, 0.29) is 5.82 Å². The van der Waals surface area contributed by atoms with Crippen LogP contribution in [0.3, 0.4) is 0 Å². The van der Waals surface area contributed by atoms with Gasteiger partial charge in [0.15, 0.2) is 24.6 Å². The zero-order valence-corrected chi connectivity index (χ0v) is 28.2. The van der Waals surface area contributed by atoms with E-state index in [1.807, 2.05) is 91.0 Å². The maximum absolute atomic E-state index is 14.8. The number of nitrogens with zero attached hydrogens (tertiary/aromatic N) is 3. The van der Waals surface area contributed by atoms with Gasteiger partial charge in [-0.3, -0.25) is 0 Å². The van der Waals surface area contributed by atoms with Gasteiger partial charge >= 0.3 is 0 Å². The third-order valence-electron chi connectivity index (χ3n) is 9.47. The summed E-state index contributed by atoms with van der Waals surface area (Å²) in [4.78, 5) is 14.3. The van der Waals surface area contributed by atoms with Gasteiger partial charge in [0.1, 0.15) is 5.82 Å². The van der Waals surface area contributed by atoms with Crippen molar-refractivity contribution in [1.29, 1.82) is 0 Å². The van der Waals surface area contributed by atoms with Crippen LogP contribution in [0.4, 0.5) is 4.39 Å². The molecular formula is C45H29FN3OP. The van der Waals surface area contributed by atoms with Crippen molar-refractivity contribution < 1.29 is 8.96 Å². The van der Waals surface area contributed by atoms with Crippen molar-refractivity contribution in [1.82, 2.24) is 15.0 Å². The number of rotatable bonds is 6. The molecule has 7 aromatic carbocycles. The monoisotopic (exact) mass is 677 g/mol. The summed E-state index contributed by atoms with van der Waals surface area (Å²) in [5.74, 6) is 1.27. The van der Waals surface area contributed by atoms with Crippen LogP contribution in [0.15, 0.2) is 176 Å². The third kappa shape index (κ3) is 5.49. The first-order valence-corrected chi connectivity index (χ1v) is 18.4. The maximum atomic E-state index is 14.8. The van der Waals surface area contributed by atoms with E-state index in [4.69, 9.17) is 15.0 Å². The molecule has 0 unspecified atom stereocenters. The van der Waals surface area contributed by atoms with Gasteiger partial charge in [0.05, 0.1) is 0 Å². The molecule has 0 saturated heterocycles. The summed E-state index contributed by atoms with van der Waals surface area (Å²) in [6.07, 6.45) is 0. The SMILES string of the molecule is O=P1(c2ccc(-c3ccc(-c4ccc(-c5nc(-c6ccccc6)nc(-c6ccc(F)cc6)n5)cc4)cc3)cc2)c2ccccc2-c2ccccc21. The quantitative estimate of drug-likeness (QED) is 0.165. The van der Waals surface area contributed by atoms with Gasteiger partial charge in [0.2, 0.25) is 0 Å². The van der Waals surface area contributed by atoms with Crippen molar-refractivity contribution in [2.45, 2.75) is 0 Å². The zero-order valence-electron chi connectivity index (χ0n) is 27.3. The molecule has 0 radical (unpaired) electrons. The molecular weight excluding hydrogens is 648 g/mol. The Bertz CT molecular complexity index is 2540. The Morgan fingerprint density at radius 1 is 0.353 bits per heavy atom. The Labute approximate surface area is 295 Å². The lowest BCUT2D eigenvalue weighted by molar-refractivity contribution is 0.593. The largest absolute Gasteiger partial charge is 0.309 e. The molecule has 4 nitrogen and oxygen atoms in total. The van der Waals surface area contributed by atoms with E-state index in [0.29, 0.717) is 23.0 Å². The fraction of sp³-hybridized carbons (Fsp3) is 0. The molecule has 1 aliphatic rings. The number of halogens is 1. The van der Waals surface area contributed by atoms with Gasteiger partial charge in [-0.05, 0) is 57.6 Å². The zero-order chi connectivity index (χ0) is 34.4. The van der Waals surface area contributed by atoms with Gasteiger partial charge < -0.3 is 4.57 Å². The predicted octanol–water partition coefficient (Wildman–Crippen LogP) is 9.97. The fourth-order valence-electron chi connectivity index (χ4n) is 6.84. The van der Waals surface area contributed by atoms with Crippen molar-refractivity contribution in [3.63, 3.8) is 0 Å². The van der Waals surface area contributed by atoms with Crippen LogP contribution in [0.25, 0.3) is 67.5 Å². The minimum atomic E-state index is -2.95. The highest BCUT2D eigenvalue weighted by atomic mass is 31.2. The minimum absolute atomic E-state index is 0.312. The molecule has 1 aromatic heterocycles. The molecule has 8 aromatic rings. The first kappa shape index (κ1) is 30.7. The lowest BCUT2D eigenvalue weighted by Gasteiger charge is -2.16. The second-order valence-electron chi connectivity index (χ2n) is 12.5. The molecule has 0 atom stereocenters. The number of hydrogen-bond acceptors (Lipinski definition) is 4. The van der Waals surface area contributed by atoms with Crippen molar-refractivity contribution in [3.8, 4) is 67.5 Å². The summed E-state index contributed by atoms with van der Waals surface area (Å²) in [5, 5.41) is 2.67. The summed E-state index contributed by atoms with van der Waals surface area (Å²) in [5.41, 5.74) is 8.85. The van der Waals surface area contributed by atoms with Gasteiger partial charge in [0.25, 0.3) is 0 Å². The predicted molar refractivity (Wildman–Crippen MR) is 205 cm³/mol. The first-order valence-electron chi connectivity index (χ1n) is 16.7. The van der Waals surface area contributed by atoms with E-state index in [0.717, 1.165) is 60.4 Å². The van der Waals surface area contributed by atoms with Crippen molar-refractivity contribution >= 4 is 23.1 Å². The molecule has 0 N–H and O–H groups in total. The molecule has 6 heteroatoms. The molecule has 0 saturated carbocycles. The first-order chi connectivity index (χ1) is 25.0. The number of fused-ring (bicyclic) bond motifs is 3. The van der Waals surface area contributed by atoms with Crippen LogP contribution in [0.5, 0.6) is 0 Å². The molecule has 0 aliphatic carbocycles. The molecule has 9 rings (SSSR count). The average Bonchev–Trinajstić information content (AvgIpc) is 3.47. The Kier molecular flexibility index (Phi) is 7.57. The maximum Gasteiger partial charge on any atom is 0.172 e. The second kappa shape index (κ2) is 12.5.